The molecule has 1 aliphatic carbocycles. The quantitative estimate of drug-likeness (QED) is 0.829. The van der Waals surface area contributed by atoms with E-state index < -0.39 is 0 Å². The summed E-state index contributed by atoms with van der Waals surface area (Å²) in [5.74, 6) is 1.72. The first-order valence-electron chi connectivity index (χ1n) is 6.86. The van der Waals surface area contributed by atoms with Gasteiger partial charge in [0, 0.05) is 6.04 Å². The van der Waals surface area contributed by atoms with Crippen LogP contribution in [-0.2, 0) is 0 Å². The smallest absolute Gasteiger partial charge is 0.0346 e. The van der Waals surface area contributed by atoms with Crippen LogP contribution in [0, 0.1) is 25.7 Å². The Balaban J connectivity index is 2.20. The molecule has 1 aliphatic rings. The molecule has 1 heteroatoms. The van der Waals surface area contributed by atoms with E-state index in [0.29, 0.717) is 6.04 Å². The predicted molar refractivity (Wildman–Crippen MR) is 74.2 cm³/mol. The highest BCUT2D eigenvalue weighted by atomic mass is 14.9. The standard InChI is InChI=1S/C16H25N/c1-11-5-7-14(9-11)16(17-4)15-8-6-12(2)13(3)10-15/h6,8,10-11,14,16-17H,5,7,9H2,1-4H3. The highest BCUT2D eigenvalue weighted by Gasteiger charge is 2.28. The van der Waals surface area contributed by atoms with Gasteiger partial charge in [-0.2, -0.15) is 0 Å². The summed E-state index contributed by atoms with van der Waals surface area (Å²) < 4.78 is 0. The lowest BCUT2D eigenvalue weighted by Crippen LogP contribution is -2.24. The van der Waals surface area contributed by atoms with E-state index in [2.05, 4.69) is 51.3 Å². The maximum absolute atomic E-state index is 3.53. The van der Waals surface area contributed by atoms with Crippen molar-refractivity contribution in [3.8, 4) is 0 Å². The van der Waals surface area contributed by atoms with Crippen LogP contribution >= 0.6 is 0 Å². The minimum Gasteiger partial charge on any atom is -0.313 e. The Hall–Kier alpha value is -0.820. The summed E-state index contributed by atoms with van der Waals surface area (Å²) in [5, 5.41) is 3.53. The maximum atomic E-state index is 3.53. The zero-order valence-electron chi connectivity index (χ0n) is 11.6. The zero-order valence-corrected chi connectivity index (χ0v) is 11.6. The monoisotopic (exact) mass is 231 g/mol. The Kier molecular flexibility index (Phi) is 3.88. The molecule has 0 radical (unpaired) electrons. The third kappa shape index (κ3) is 2.71. The first-order chi connectivity index (χ1) is 8.11. The summed E-state index contributed by atoms with van der Waals surface area (Å²) in [6.45, 7) is 6.78. The topological polar surface area (TPSA) is 12.0 Å². The van der Waals surface area contributed by atoms with Gasteiger partial charge < -0.3 is 5.32 Å². The molecule has 1 fully saturated rings. The van der Waals surface area contributed by atoms with Gasteiger partial charge in [-0.3, -0.25) is 0 Å². The summed E-state index contributed by atoms with van der Waals surface area (Å²) >= 11 is 0. The molecule has 0 heterocycles. The lowest BCUT2D eigenvalue weighted by Gasteiger charge is -2.24. The van der Waals surface area contributed by atoms with E-state index in [9.17, 15) is 0 Å². The van der Waals surface area contributed by atoms with Crippen molar-refractivity contribution in [2.45, 2.75) is 46.1 Å². The molecule has 1 aromatic rings. The van der Waals surface area contributed by atoms with Crippen molar-refractivity contribution in [3.05, 3.63) is 34.9 Å². The molecule has 2 rings (SSSR count). The van der Waals surface area contributed by atoms with Gasteiger partial charge in [0.2, 0.25) is 0 Å². The molecule has 3 unspecified atom stereocenters. The molecule has 94 valence electrons. The Labute approximate surface area is 106 Å². The molecule has 1 N–H and O–H groups in total. The fourth-order valence-corrected chi connectivity index (χ4v) is 3.19. The van der Waals surface area contributed by atoms with Gasteiger partial charge in [0.15, 0.2) is 0 Å². The summed E-state index contributed by atoms with van der Waals surface area (Å²) in [4.78, 5) is 0. The Bertz CT molecular complexity index is 383. The Morgan fingerprint density at radius 2 is 1.94 bits per heavy atom. The molecule has 0 bridgehead atoms. The van der Waals surface area contributed by atoms with Crippen LogP contribution in [0.3, 0.4) is 0 Å². The van der Waals surface area contributed by atoms with Gasteiger partial charge in [-0.25, -0.2) is 0 Å². The molecule has 0 saturated heterocycles. The van der Waals surface area contributed by atoms with Gasteiger partial charge in [0.25, 0.3) is 0 Å². The molecule has 1 nitrogen and oxygen atoms in total. The van der Waals surface area contributed by atoms with Crippen LogP contribution in [0.4, 0.5) is 0 Å². The van der Waals surface area contributed by atoms with E-state index in [1.807, 2.05) is 0 Å². The minimum atomic E-state index is 0.541. The largest absolute Gasteiger partial charge is 0.313 e. The first kappa shape index (κ1) is 12.6. The third-order valence-electron chi connectivity index (χ3n) is 4.41. The SMILES string of the molecule is CNC(c1ccc(C)c(C)c1)C1CCC(C)C1. The summed E-state index contributed by atoms with van der Waals surface area (Å²) in [5.41, 5.74) is 4.27. The van der Waals surface area contributed by atoms with E-state index in [1.165, 1.54) is 36.0 Å². The highest BCUT2D eigenvalue weighted by molar-refractivity contribution is 5.32. The Morgan fingerprint density at radius 1 is 1.18 bits per heavy atom. The van der Waals surface area contributed by atoms with E-state index in [0.717, 1.165) is 11.8 Å². The highest BCUT2D eigenvalue weighted by Crippen LogP contribution is 2.38. The van der Waals surface area contributed by atoms with Gasteiger partial charge in [-0.15, -0.1) is 0 Å². The Morgan fingerprint density at radius 3 is 2.47 bits per heavy atom. The number of hydrogen-bond acceptors (Lipinski definition) is 1. The maximum Gasteiger partial charge on any atom is 0.0346 e. The van der Waals surface area contributed by atoms with Crippen LogP contribution in [0.2, 0.25) is 0 Å². The van der Waals surface area contributed by atoms with E-state index in [1.54, 1.807) is 0 Å². The number of nitrogens with one attached hydrogen (secondary N) is 1. The second-order valence-corrected chi connectivity index (χ2v) is 5.79. The average molecular weight is 231 g/mol. The lowest BCUT2D eigenvalue weighted by atomic mass is 9.89. The molecule has 1 saturated carbocycles. The third-order valence-corrected chi connectivity index (χ3v) is 4.41. The molecule has 0 spiro atoms. The van der Waals surface area contributed by atoms with Crippen LogP contribution in [0.5, 0.6) is 0 Å². The van der Waals surface area contributed by atoms with Gasteiger partial charge in [0.1, 0.15) is 0 Å². The van der Waals surface area contributed by atoms with Crippen LogP contribution in [0.25, 0.3) is 0 Å². The number of aryl methyl sites for hydroxylation is 2. The van der Waals surface area contributed by atoms with Crippen molar-refractivity contribution in [2.24, 2.45) is 11.8 Å². The van der Waals surface area contributed by atoms with Gasteiger partial charge >= 0.3 is 0 Å². The molecule has 0 aliphatic heterocycles. The summed E-state index contributed by atoms with van der Waals surface area (Å²) in [6, 6.07) is 7.46. The lowest BCUT2D eigenvalue weighted by molar-refractivity contribution is 0.379. The fraction of sp³-hybridized carbons (Fsp3) is 0.625. The summed E-state index contributed by atoms with van der Waals surface area (Å²) in [6.07, 6.45) is 4.14. The van der Waals surface area contributed by atoms with Crippen molar-refractivity contribution in [1.29, 1.82) is 0 Å². The van der Waals surface area contributed by atoms with Crippen molar-refractivity contribution < 1.29 is 0 Å². The second-order valence-electron chi connectivity index (χ2n) is 5.79. The van der Waals surface area contributed by atoms with Crippen molar-refractivity contribution in [2.75, 3.05) is 7.05 Å². The minimum absolute atomic E-state index is 0.541. The molecule has 0 aromatic heterocycles. The number of rotatable bonds is 3. The van der Waals surface area contributed by atoms with E-state index >= 15 is 0 Å². The predicted octanol–water partition coefficient (Wildman–Crippen LogP) is 4.00. The average Bonchev–Trinajstić information content (AvgIpc) is 2.71. The molecule has 1 aromatic carbocycles. The number of benzene rings is 1. The summed E-state index contributed by atoms with van der Waals surface area (Å²) in [7, 11) is 2.10. The molecule has 0 amide bonds. The van der Waals surface area contributed by atoms with Gasteiger partial charge in [-0.05, 0) is 62.3 Å². The number of hydrogen-bond donors (Lipinski definition) is 1. The zero-order chi connectivity index (χ0) is 12.4. The molecular formula is C16H25N. The van der Waals surface area contributed by atoms with Crippen molar-refractivity contribution in [3.63, 3.8) is 0 Å². The molecule has 17 heavy (non-hydrogen) atoms. The van der Waals surface area contributed by atoms with E-state index in [-0.39, 0.29) is 0 Å². The van der Waals surface area contributed by atoms with Gasteiger partial charge in [-0.1, -0.05) is 31.5 Å². The van der Waals surface area contributed by atoms with Crippen LogP contribution in [0.1, 0.15) is 48.9 Å². The van der Waals surface area contributed by atoms with Crippen LogP contribution < -0.4 is 5.32 Å². The normalized spacial score (nSPS) is 26.1. The van der Waals surface area contributed by atoms with E-state index in [4.69, 9.17) is 0 Å². The van der Waals surface area contributed by atoms with Crippen LogP contribution in [0.15, 0.2) is 18.2 Å². The van der Waals surface area contributed by atoms with Crippen molar-refractivity contribution >= 4 is 0 Å². The van der Waals surface area contributed by atoms with Crippen LogP contribution in [-0.4, -0.2) is 7.05 Å². The fourth-order valence-electron chi connectivity index (χ4n) is 3.19. The molecule has 3 atom stereocenters. The van der Waals surface area contributed by atoms with Gasteiger partial charge in [0.05, 0.1) is 0 Å². The molecular weight excluding hydrogens is 206 g/mol. The van der Waals surface area contributed by atoms with Crippen molar-refractivity contribution in [1.82, 2.24) is 5.32 Å². The first-order valence-corrected chi connectivity index (χ1v) is 6.86. The second kappa shape index (κ2) is 5.22.